The molecule has 6 rings (SSSR count). The summed E-state index contributed by atoms with van der Waals surface area (Å²) in [5.41, 5.74) is 4.75. The summed E-state index contributed by atoms with van der Waals surface area (Å²) < 4.78 is 1.76. The van der Waals surface area contributed by atoms with Gasteiger partial charge in [0, 0.05) is 61.6 Å². The van der Waals surface area contributed by atoms with Crippen molar-refractivity contribution in [2.45, 2.75) is 56.7 Å². The molecule has 1 aromatic carbocycles. The summed E-state index contributed by atoms with van der Waals surface area (Å²) in [6.45, 7) is 6.64. The second kappa shape index (κ2) is 7.43. The molecule has 3 atom stereocenters. The molecule has 0 aliphatic carbocycles. The van der Waals surface area contributed by atoms with Gasteiger partial charge in [0.15, 0.2) is 5.82 Å². The molecule has 2 aromatic heterocycles. The highest BCUT2D eigenvalue weighted by Gasteiger charge is 2.50. The fourth-order valence-electron chi connectivity index (χ4n) is 6.37. The van der Waals surface area contributed by atoms with E-state index in [0.29, 0.717) is 17.3 Å². The van der Waals surface area contributed by atoms with Crippen LogP contribution < -0.4 is 15.1 Å². The number of aromatic nitrogens is 4. The van der Waals surface area contributed by atoms with Crippen LogP contribution in [0.25, 0.3) is 22.4 Å². The van der Waals surface area contributed by atoms with Crippen molar-refractivity contribution in [2.75, 3.05) is 29.9 Å². The number of aryl methyl sites for hydroxylation is 1. The Bertz CT molecular complexity index is 1240. The fourth-order valence-corrected chi connectivity index (χ4v) is 6.37. The molecule has 0 amide bonds. The van der Waals surface area contributed by atoms with Gasteiger partial charge in [0.05, 0.1) is 17.6 Å². The number of benzene rings is 1. The van der Waals surface area contributed by atoms with E-state index in [-0.39, 0.29) is 16.8 Å². The summed E-state index contributed by atoms with van der Waals surface area (Å²) in [6.07, 6.45) is 8.46. The Labute approximate surface area is 200 Å². The van der Waals surface area contributed by atoms with Gasteiger partial charge in [-0.25, -0.2) is 0 Å². The maximum absolute atomic E-state index is 10.8. The molecule has 0 spiro atoms. The number of piperidine rings is 1. The number of fused-ring (bicyclic) bond motifs is 3. The Kier molecular flexibility index (Phi) is 4.68. The van der Waals surface area contributed by atoms with E-state index in [1.807, 2.05) is 25.4 Å². The number of hydrogen-bond donors (Lipinski definition) is 2. The number of aromatic hydroxyl groups is 1. The number of likely N-dealkylation sites (N-methyl/N-ethyl adjacent to an activating group) is 1. The minimum Gasteiger partial charge on any atom is -0.507 e. The second-order valence-electron chi connectivity index (χ2n) is 11.0. The predicted octanol–water partition coefficient (Wildman–Crippen LogP) is 3.57. The minimum atomic E-state index is 0.196. The zero-order valence-corrected chi connectivity index (χ0v) is 20.4. The van der Waals surface area contributed by atoms with E-state index in [0.717, 1.165) is 48.6 Å². The Morgan fingerprint density at radius 1 is 1.00 bits per heavy atom. The van der Waals surface area contributed by atoms with E-state index in [9.17, 15) is 5.11 Å². The number of phenols is 1. The highest BCUT2D eigenvalue weighted by atomic mass is 16.3. The number of rotatable bonds is 3. The molecule has 34 heavy (non-hydrogen) atoms. The van der Waals surface area contributed by atoms with Crippen molar-refractivity contribution < 1.29 is 5.11 Å². The summed E-state index contributed by atoms with van der Waals surface area (Å²) in [4.78, 5) is 4.74. The van der Waals surface area contributed by atoms with Crippen LogP contribution in [0.4, 0.5) is 11.5 Å². The molecule has 3 aromatic rings. The van der Waals surface area contributed by atoms with Crippen molar-refractivity contribution in [1.29, 1.82) is 0 Å². The lowest BCUT2D eigenvalue weighted by Crippen LogP contribution is -2.60. The van der Waals surface area contributed by atoms with Gasteiger partial charge >= 0.3 is 0 Å². The number of anilines is 2. The largest absolute Gasteiger partial charge is 0.507 e. The maximum Gasteiger partial charge on any atom is 0.175 e. The smallest absolute Gasteiger partial charge is 0.175 e. The molecular formula is C26H33N7O. The fraction of sp³-hybridized carbons (Fsp3) is 0.500. The van der Waals surface area contributed by atoms with E-state index in [4.69, 9.17) is 5.10 Å². The van der Waals surface area contributed by atoms with E-state index < -0.39 is 0 Å². The molecule has 8 nitrogen and oxygen atoms in total. The zero-order valence-electron chi connectivity index (χ0n) is 20.4. The van der Waals surface area contributed by atoms with Gasteiger partial charge in [0.2, 0.25) is 0 Å². The molecule has 2 bridgehead atoms. The van der Waals surface area contributed by atoms with Gasteiger partial charge in [-0.1, -0.05) is 6.07 Å². The summed E-state index contributed by atoms with van der Waals surface area (Å²) in [6, 6.07) is 8.22. The molecule has 2 saturated heterocycles. The third kappa shape index (κ3) is 3.52. The molecule has 3 aliphatic rings. The Balaban J connectivity index is 1.33. The van der Waals surface area contributed by atoms with Crippen LogP contribution in [0.5, 0.6) is 5.75 Å². The predicted molar refractivity (Wildman–Crippen MR) is 134 cm³/mol. The van der Waals surface area contributed by atoms with E-state index in [2.05, 4.69) is 52.3 Å². The highest BCUT2D eigenvalue weighted by Crippen LogP contribution is 2.46. The second-order valence-corrected chi connectivity index (χ2v) is 11.0. The Hall–Kier alpha value is -3.13. The SMILES string of the molecule is CN1CCN([C@H]2C[C@]3(C)CC[C@](C)(C2)N3)c2nnc(-c3ccc(-c4cnn(C)c4)cc3O)cc21. The highest BCUT2D eigenvalue weighted by molar-refractivity contribution is 5.79. The molecule has 2 N–H and O–H groups in total. The van der Waals surface area contributed by atoms with Gasteiger partial charge in [-0.3, -0.25) is 4.68 Å². The van der Waals surface area contributed by atoms with Gasteiger partial charge in [0.1, 0.15) is 5.75 Å². The van der Waals surface area contributed by atoms with E-state index in [1.165, 1.54) is 12.8 Å². The van der Waals surface area contributed by atoms with Crippen LogP contribution >= 0.6 is 0 Å². The average Bonchev–Trinajstić information content (AvgIpc) is 3.33. The van der Waals surface area contributed by atoms with Crippen LogP contribution in [0.2, 0.25) is 0 Å². The molecule has 0 unspecified atom stereocenters. The van der Waals surface area contributed by atoms with Crippen molar-refractivity contribution in [1.82, 2.24) is 25.3 Å². The first kappa shape index (κ1) is 21.4. The third-order valence-electron chi connectivity index (χ3n) is 8.07. The van der Waals surface area contributed by atoms with Crippen molar-refractivity contribution in [3.8, 4) is 28.1 Å². The van der Waals surface area contributed by atoms with Crippen LogP contribution in [-0.4, -0.2) is 62.3 Å². The number of hydrogen-bond acceptors (Lipinski definition) is 7. The van der Waals surface area contributed by atoms with Crippen molar-refractivity contribution in [3.63, 3.8) is 0 Å². The van der Waals surface area contributed by atoms with Gasteiger partial charge in [-0.05, 0) is 63.3 Å². The van der Waals surface area contributed by atoms with Crippen molar-refractivity contribution in [3.05, 3.63) is 36.7 Å². The summed E-state index contributed by atoms with van der Waals surface area (Å²) >= 11 is 0. The molecule has 0 saturated carbocycles. The lowest BCUT2D eigenvalue weighted by atomic mass is 9.84. The molecule has 5 heterocycles. The van der Waals surface area contributed by atoms with Gasteiger partial charge in [-0.15, -0.1) is 10.2 Å². The first-order valence-electron chi connectivity index (χ1n) is 12.2. The topological polar surface area (TPSA) is 82.3 Å². The minimum absolute atomic E-state index is 0.196. The van der Waals surface area contributed by atoms with Crippen molar-refractivity contribution >= 4 is 11.5 Å². The van der Waals surface area contributed by atoms with Gasteiger partial charge in [0.25, 0.3) is 0 Å². The van der Waals surface area contributed by atoms with Crippen molar-refractivity contribution in [2.24, 2.45) is 7.05 Å². The lowest BCUT2D eigenvalue weighted by Gasteiger charge is -2.48. The summed E-state index contributed by atoms with van der Waals surface area (Å²) in [5.74, 6) is 1.16. The van der Waals surface area contributed by atoms with E-state index >= 15 is 0 Å². The molecule has 178 valence electrons. The first-order valence-corrected chi connectivity index (χ1v) is 12.2. The quantitative estimate of drug-likeness (QED) is 0.620. The van der Waals surface area contributed by atoms with Crippen LogP contribution in [0.3, 0.4) is 0 Å². The zero-order chi connectivity index (χ0) is 23.7. The lowest BCUT2D eigenvalue weighted by molar-refractivity contribution is 0.204. The molecular weight excluding hydrogens is 426 g/mol. The maximum atomic E-state index is 10.8. The first-order chi connectivity index (χ1) is 16.2. The standard InChI is InChI=1S/C26H33N7O/c1-25-7-8-26(2,30-25)14-19(13-25)33-10-9-31(3)22-12-21(28-29-24(22)33)20-6-5-17(11-23(20)34)18-15-27-32(4)16-18/h5-6,11-12,15-16,19,30,34H,7-10,13-14H2,1-4H3/t19-,25-,26+. The van der Waals surface area contributed by atoms with E-state index in [1.54, 1.807) is 16.9 Å². The summed E-state index contributed by atoms with van der Waals surface area (Å²) in [7, 11) is 4.00. The van der Waals surface area contributed by atoms with Crippen LogP contribution in [0, 0.1) is 0 Å². The van der Waals surface area contributed by atoms with Crippen LogP contribution in [0.1, 0.15) is 39.5 Å². The van der Waals surface area contributed by atoms with Gasteiger partial charge < -0.3 is 20.2 Å². The van der Waals surface area contributed by atoms with Crippen LogP contribution in [0.15, 0.2) is 36.7 Å². The number of nitrogens with zero attached hydrogens (tertiary/aromatic N) is 6. The normalized spacial score (nSPS) is 28.3. The summed E-state index contributed by atoms with van der Waals surface area (Å²) in [5, 5.41) is 28.3. The monoisotopic (exact) mass is 459 g/mol. The molecule has 2 fully saturated rings. The Morgan fingerprint density at radius 2 is 1.76 bits per heavy atom. The Morgan fingerprint density at radius 3 is 2.44 bits per heavy atom. The number of nitrogens with one attached hydrogen (secondary N) is 1. The average molecular weight is 460 g/mol. The molecule has 8 heteroatoms. The third-order valence-corrected chi connectivity index (χ3v) is 8.07. The van der Waals surface area contributed by atoms with Crippen LogP contribution in [-0.2, 0) is 7.05 Å². The molecule has 3 aliphatic heterocycles. The number of phenolic OH excluding ortho intramolecular Hbond substituents is 1. The van der Waals surface area contributed by atoms with Gasteiger partial charge in [-0.2, -0.15) is 5.10 Å². The molecule has 0 radical (unpaired) electrons.